The number of carbonyl (C=O) groups excluding carboxylic acids is 1. The van der Waals surface area contributed by atoms with E-state index in [1.807, 2.05) is 0 Å². The van der Waals surface area contributed by atoms with E-state index in [1.165, 1.54) is 36.4 Å². The molecule has 0 atom stereocenters. The maximum Gasteiger partial charge on any atom is 0.351 e. The molecule has 1 aliphatic rings. The molecule has 7 heteroatoms. The predicted octanol–water partition coefficient (Wildman–Crippen LogP) is 2.47. The summed E-state index contributed by atoms with van der Waals surface area (Å²) in [5.41, 5.74) is -0.394. The lowest BCUT2D eigenvalue weighted by Gasteiger charge is -1.98. The Kier molecular flexibility index (Phi) is 3.10. The molecular weight excluding hydrogens is 290 g/mol. The summed E-state index contributed by atoms with van der Waals surface area (Å²) in [6, 6.07) is 7.07. The van der Waals surface area contributed by atoms with Gasteiger partial charge in [-0.2, -0.15) is 0 Å². The summed E-state index contributed by atoms with van der Waals surface area (Å²) in [5, 5.41) is 10.6. The Labute approximate surface area is 123 Å². The zero-order chi connectivity index (χ0) is 15.9. The highest BCUT2D eigenvalue weighted by molar-refractivity contribution is 6.14. The van der Waals surface area contributed by atoms with Crippen molar-refractivity contribution in [2.75, 3.05) is 0 Å². The summed E-state index contributed by atoms with van der Waals surface area (Å²) in [5.74, 6) is -0.0936. The van der Waals surface area contributed by atoms with E-state index in [2.05, 4.69) is 0 Å². The number of nitrogens with zero attached hydrogens (tertiary/aromatic N) is 1. The number of fused-ring (bicyclic) bond motifs is 1. The third-order valence-corrected chi connectivity index (χ3v) is 3.11. The fraction of sp³-hybridized carbons (Fsp3) is 0.0667. The first-order valence-corrected chi connectivity index (χ1v) is 6.29. The summed E-state index contributed by atoms with van der Waals surface area (Å²) in [7, 11) is 0. The second kappa shape index (κ2) is 4.96. The van der Waals surface area contributed by atoms with Crippen molar-refractivity contribution in [2.45, 2.75) is 6.92 Å². The molecule has 2 aromatic rings. The largest absolute Gasteiger partial charge is 0.452 e. The lowest BCUT2D eigenvalue weighted by molar-refractivity contribution is -0.384. The summed E-state index contributed by atoms with van der Waals surface area (Å²) in [6.07, 6.45) is 1.42. The van der Waals surface area contributed by atoms with Crippen LogP contribution in [0.5, 0.6) is 5.75 Å². The topological polar surface area (TPSA) is 99.7 Å². The third kappa shape index (κ3) is 2.28. The molecule has 3 rings (SSSR count). The quantitative estimate of drug-likeness (QED) is 0.480. The Morgan fingerprint density at radius 1 is 1.18 bits per heavy atom. The fourth-order valence-corrected chi connectivity index (χ4v) is 2.10. The second-order valence-corrected chi connectivity index (χ2v) is 4.67. The van der Waals surface area contributed by atoms with Gasteiger partial charge < -0.3 is 9.15 Å². The molecule has 1 aliphatic heterocycles. The van der Waals surface area contributed by atoms with Crippen molar-refractivity contribution >= 4 is 17.5 Å². The van der Waals surface area contributed by atoms with E-state index >= 15 is 0 Å². The minimum absolute atomic E-state index is 0.0262. The van der Waals surface area contributed by atoms with E-state index in [0.717, 1.165) is 0 Å². The van der Waals surface area contributed by atoms with Crippen LogP contribution in [0.1, 0.15) is 21.7 Å². The number of nitro benzene ring substituents is 1. The summed E-state index contributed by atoms with van der Waals surface area (Å²) >= 11 is 0. The van der Waals surface area contributed by atoms with Gasteiger partial charge >= 0.3 is 5.63 Å². The highest BCUT2D eigenvalue weighted by atomic mass is 16.6. The first kappa shape index (κ1) is 13.7. The second-order valence-electron chi connectivity index (χ2n) is 4.67. The van der Waals surface area contributed by atoms with Crippen molar-refractivity contribution in [2.24, 2.45) is 0 Å². The third-order valence-electron chi connectivity index (χ3n) is 3.11. The van der Waals surface area contributed by atoms with E-state index in [4.69, 9.17) is 9.15 Å². The summed E-state index contributed by atoms with van der Waals surface area (Å²) in [4.78, 5) is 33.9. The number of ether oxygens (including phenoxy) is 1. The van der Waals surface area contributed by atoms with E-state index in [-0.39, 0.29) is 22.8 Å². The van der Waals surface area contributed by atoms with Gasteiger partial charge in [-0.25, -0.2) is 4.79 Å². The van der Waals surface area contributed by atoms with Gasteiger partial charge in [0.15, 0.2) is 11.3 Å². The number of hydrogen-bond donors (Lipinski definition) is 0. The highest BCUT2D eigenvalue weighted by Gasteiger charge is 2.31. The molecule has 0 radical (unpaired) electrons. The van der Waals surface area contributed by atoms with Gasteiger partial charge in [0.1, 0.15) is 11.5 Å². The van der Waals surface area contributed by atoms with Crippen LogP contribution in [0.3, 0.4) is 0 Å². The molecule has 0 amide bonds. The number of hydrogen-bond acceptors (Lipinski definition) is 6. The van der Waals surface area contributed by atoms with Gasteiger partial charge in [-0.05, 0) is 30.7 Å². The van der Waals surface area contributed by atoms with Crippen LogP contribution in [0.2, 0.25) is 0 Å². The molecule has 2 heterocycles. The molecular formula is C15H9NO6. The van der Waals surface area contributed by atoms with Gasteiger partial charge in [0.05, 0.1) is 4.92 Å². The minimum Gasteiger partial charge on any atom is -0.452 e. The van der Waals surface area contributed by atoms with Crippen molar-refractivity contribution in [1.29, 1.82) is 0 Å². The van der Waals surface area contributed by atoms with Crippen LogP contribution in [-0.4, -0.2) is 10.7 Å². The number of carbonyl (C=O) groups is 1. The normalized spacial score (nSPS) is 14.8. The van der Waals surface area contributed by atoms with Crippen molar-refractivity contribution in [3.05, 3.63) is 73.5 Å². The van der Waals surface area contributed by atoms with E-state index in [1.54, 1.807) is 6.92 Å². The maximum absolute atomic E-state index is 12.1. The predicted molar refractivity (Wildman–Crippen MR) is 75.7 cm³/mol. The lowest BCUT2D eigenvalue weighted by Crippen LogP contribution is -2.10. The van der Waals surface area contributed by atoms with E-state index in [9.17, 15) is 19.7 Å². The lowest BCUT2D eigenvalue weighted by atomic mass is 10.1. The van der Waals surface area contributed by atoms with Crippen molar-refractivity contribution < 1.29 is 18.9 Å². The number of aryl methyl sites for hydroxylation is 1. The average Bonchev–Trinajstić information content (AvgIpc) is 2.75. The van der Waals surface area contributed by atoms with E-state index in [0.29, 0.717) is 11.3 Å². The molecule has 0 unspecified atom stereocenters. The van der Waals surface area contributed by atoms with Gasteiger partial charge in [0, 0.05) is 18.2 Å². The van der Waals surface area contributed by atoms with Gasteiger partial charge in [0.2, 0.25) is 5.78 Å². The standard InChI is InChI=1S/C15H9NO6/c1-8-6-11-13(15(18)21-8)14(17)12(22-11)7-9-2-4-10(5-3-9)16(19)20/h2-7H,1H3/b12-7+. The Bertz CT molecular complexity index is 876. The SMILES string of the molecule is Cc1cc2c(c(=O)o1)C(=O)/C(=C\c1ccc([N+](=O)[O-])cc1)O2. The Hall–Kier alpha value is -3.22. The number of rotatable bonds is 2. The van der Waals surface area contributed by atoms with Crippen molar-refractivity contribution in [3.8, 4) is 5.75 Å². The van der Waals surface area contributed by atoms with Crippen molar-refractivity contribution in [3.63, 3.8) is 0 Å². The first-order valence-electron chi connectivity index (χ1n) is 6.29. The molecule has 7 nitrogen and oxygen atoms in total. The number of non-ortho nitro benzene ring substituents is 1. The van der Waals surface area contributed by atoms with Crippen LogP contribution in [0.4, 0.5) is 5.69 Å². The smallest absolute Gasteiger partial charge is 0.351 e. The van der Waals surface area contributed by atoms with Crippen LogP contribution in [0, 0.1) is 17.0 Å². The van der Waals surface area contributed by atoms with Crippen LogP contribution in [0.15, 0.2) is 45.3 Å². The molecule has 1 aromatic heterocycles. The molecule has 0 spiro atoms. The zero-order valence-electron chi connectivity index (χ0n) is 11.4. The first-order chi connectivity index (χ1) is 10.5. The van der Waals surface area contributed by atoms with Crippen LogP contribution in [0.25, 0.3) is 6.08 Å². The molecule has 0 saturated carbocycles. The summed E-state index contributed by atoms with van der Waals surface area (Å²) < 4.78 is 10.3. The van der Waals surface area contributed by atoms with Crippen molar-refractivity contribution in [1.82, 2.24) is 0 Å². The molecule has 0 bridgehead atoms. The van der Waals surface area contributed by atoms with Crippen LogP contribution < -0.4 is 10.4 Å². The Morgan fingerprint density at radius 3 is 2.50 bits per heavy atom. The fourth-order valence-electron chi connectivity index (χ4n) is 2.10. The van der Waals surface area contributed by atoms with E-state index < -0.39 is 16.3 Å². The maximum atomic E-state index is 12.1. The number of nitro groups is 1. The van der Waals surface area contributed by atoms with Gasteiger partial charge in [0.25, 0.3) is 5.69 Å². The monoisotopic (exact) mass is 299 g/mol. The number of allylic oxidation sites excluding steroid dienone is 1. The van der Waals surface area contributed by atoms with Gasteiger partial charge in [-0.3, -0.25) is 14.9 Å². The van der Waals surface area contributed by atoms with Crippen LogP contribution >= 0.6 is 0 Å². The molecule has 22 heavy (non-hydrogen) atoms. The van der Waals surface area contributed by atoms with Crippen LogP contribution in [-0.2, 0) is 0 Å². The molecule has 0 N–H and O–H groups in total. The van der Waals surface area contributed by atoms with Gasteiger partial charge in [-0.1, -0.05) is 0 Å². The minimum atomic E-state index is -0.743. The number of Topliss-reactive ketones (excluding diaryl/α,β-unsaturated/α-hetero) is 1. The number of benzene rings is 1. The molecule has 110 valence electrons. The summed E-state index contributed by atoms with van der Waals surface area (Å²) in [6.45, 7) is 1.58. The van der Waals surface area contributed by atoms with Gasteiger partial charge in [-0.15, -0.1) is 0 Å². The highest BCUT2D eigenvalue weighted by Crippen LogP contribution is 2.30. The molecule has 0 aliphatic carbocycles. The number of ketones is 1. The Balaban J connectivity index is 1.97. The molecule has 0 fully saturated rings. The molecule has 1 aromatic carbocycles. The zero-order valence-corrected chi connectivity index (χ0v) is 11.4. The molecule has 0 saturated heterocycles. The average molecular weight is 299 g/mol. The Morgan fingerprint density at radius 2 is 1.86 bits per heavy atom.